The van der Waals surface area contributed by atoms with E-state index in [-0.39, 0.29) is 0 Å². The van der Waals surface area contributed by atoms with Gasteiger partial charge >= 0.3 is 0 Å². The number of hydrogen-bond acceptors (Lipinski definition) is 2. The molecule has 0 heterocycles. The Hall–Kier alpha value is -0.340. The molecule has 0 aliphatic rings. The molecule has 0 aromatic carbocycles. The largest absolute Gasteiger partial charge is 0.377 e. The molecule has 1 N–H and O–H groups in total. The first-order valence-electron chi connectivity index (χ1n) is 7.16. The molecule has 1 unspecified atom stereocenters. The number of allylic oxidation sites excluding steroid dienone is 1. The van der Waals surface area contributed by atoms with Crippen LogP contribution >= 0.6 is 0 Å². The van der Waals surface area contributed by atoms with E-state index in [4.69, 9.17) is 4.74 Å². The van der Waals surface area contributed by atoms with Gasteiger partial charge in [-0.1, -0.05) is 25.8 Å². The highest BCUT2D eigenvalue weighted by Crippen LogP contribution is 2.07. The molecule has 1 atom stereocenters. The average Bonchev–Trinajstić information content (AvgIpc) is 2.31. The topological polar surface area (TPSA) is 21.3 Å². The highest BCUT2D eigenvalue weighted by molar-refractivity contribution is 4.69. The number of unbranched alkanes of at least 4 members (excludes halogenated alkanes) is 3. The highest BCUT2D eigenvalue weighted by atomic mass is 16.5. The molecule has 0 rings (SSSR count). The van der Waals surface area contributed by atoms with Crippen molar-refractivity contribution in [2.24, 2.45) is 0 Å². The minimum absolute atomic E-state index is 0.335. The fourth-order valence-corrected chi connectivity index (χ4v) is 1.76. The van der Waals surface area contributed by atoms with Gasteiger partial charge in [-0.05, 0) is 46.1 Å². The third kappa shape index (κ3) is 11.9. The molecule has 0 aliphatic heterocycles. The minimum Gasteiger partial charge on any atom is -0.377 e. The standard InChI is InChI=1S/C15H31NO/c1-5-7-8-9-10-11-15(16-12-6-2)13-17-14(3)4/h5,14-16H,1,6-13H2,2-4H3. The van der Waals surface area contributed by atoms with Crippen LogP contribution in [0.2, 0.25) is 0 Å². The summed E-state index contributed by atoms with van der Waals surface area (Å²) in [5.74, 6) is 0. The van der Waals surface area contributed by atoms with E-state index < -0.39 is 0 Å². The van der Waals surface area contributed by atoms with E-state index in [0.717, 1.165) is 19.6 Å². The molecule has 2 heteroatoms. The first-order chi connectivity index (χ1) is 8.20. The van der Waals surface area contributed by atoms with Gasteiger partial charge in [0.25, 0.3) is 0 Å². The lowest BCUT2D eigenvalue weighted by Crippen LogP contribution is -2.34. The van der Waals surface area contributed by atoms with Crippen LogP contribution in [0.4, 0.5) is 0 Å². The first-order valence-corrected chi connectivity index (χ1v) is 7.16. The van der Waals surface area contributed by atoms with Crippen LogP contribution in [0.1, 0.15) is 59.3 Å². The zero-order valence-corrected chi connectivity index (χ0v) is 12.0. The second-order valence-corrected chi connectivity index (χ2v) is 4.96. The molecule has 17 heavy (non-hydrogen) atoms. The lowest BCUT2D eigenvalue weighted by atomic mass is 10.1. The second-order valence-electron chi connectivity index (χ2n) is 4.96. The zero-order valence-electron chi connectivity index (χ0n) is 12.0. The molecule has 0 amide bonds. The molecule has 102 valence electrons. The van der Waals surface area contributed by atoms with E-state index in [2.05, 4.69) is 32.7 Å². The Balaban J connectivity index is 3.64. The van der Waals surface area contributed by atoms with Crippen molar-refractivity contribution < 1.29 is 4.74 Å². The minimum atomic E-state index is 0.335. The molecule has 2 nitrogen and oxygen atoms in total. The van der Waals surface area contributed by atoms with Gasteiger partial charge in [0.15, 0.2) is 0 Å². The smallest absolute Gasteiger partial charge is 0.0623 e. The van der Waals surface area contributed by atoms with Crippen molar-refractivity contribution in [3.05, 3.63) is 12.7 Å². The summed E-state index contributed by atoms with van der Waals surface area (Å²) in [5.41, 5.74) is 0. The van der Waals surface area contributed by atoms with Gasteiger partial charge in [-0.3, -0.25) is 0 Å². The van der Waals surface area contributed by atoms with Gasteiger partial charge in [0.05, 0.1) is 12.7 Å². The van der Waals surface area contributed by atoms with Crippen molar-refractivity contribution in [3.63, 3.8) is 0 Å². The maximum atomic E-state index is 5.70. The van der Waals surface area contributed by atoms with Crippen LogP contribution in [0.3, 0.4) is 0 Å². The molecule has 0 radical (unpaired) electrons. The molecule has 0 aromatic heterocycles. The third-order valence-electron chi connectivity index (χ3n) is 2.77. The van der Waals surface area contributed by atoms with Crippen LogP contribution < -0.4 is 5.32 Å². The van der Waals surface area contributed by atoms with E-state index in [0.29, 0.717) is 12.1 Å². The van der Waals surface area contributed by atoms with Crippen molar-refractivity contribution in [1.29, 1.82) is 0 Å². The van der Waals surface area contributed by atoms with E-state index in [1.807, 2.05) is 6.08 Å². The van der Waals surface area contributed by atoms with Gasteiger partial charge in [-0.2, -0.15) is 0 Å². The van der Waals surface area contributed by atoms with Crippen molar-refractivity contribution in [2.45, 2.75) is 71.4 Å². The lowest BCUT2D eigenvalue weighted by Gasteiger charge is -2.20. The number of hydrogen-bond donors (Lipinski definition) is 1. The van der Waals surface area contributed by atoms with Crippen molar-refractivity contribution >= 4 is 0 Å². The number of rotatable bonds is 12. The van der Waals surface area contributed by atoms with Crippen LogP contribution in [-0.4, -0.2) is 25.3 Å². The maximum Gasteiger partial charge on any atom is 0.0623 e. The van der Waals surface area contributed by atoms with Gasteiger partial charge in [0.1, 0.15) is 0 Å². The molecular weight excluding hydrogens is 210 g/mol. The summed E-state index contributed by atoms with van der Waals surface area (Å²) in [6, 6.07) is 0.529. The maximum absolute atomic E-state index is 5.70. The van der Waals surface area contributed by atoms with E-state index >= 15 is 0 Å². The monoisotopic (exact) mass is 241 g/mol. The van der Waals surface area contributed by atoms with Crippen molar-refractivity contribution in [1.82, 2.24) is 5.32 Å². The quantitative estimate of drug-likeness (QED) is 0.413. The van der Waals surface area contributed by atoms with E-state index in [9.17, 15) is 0 Å². The molecule has 0 aromatic rings. The predicted octanol–water partition coefficient (Wildman–Crippen LogP) is 3.92. The summed E-state index contributed by atoms with van der Waals surface area (Å²) in [4.78, 5) is 0. The summed E-state index contributed by atoms with van der Waals surface area (Å²) in [6.07, 6.45) is 9.77. The van der Waals surface area contributed by atoms with Gasteiger partial charge in [0, 0.05) is 6.04 Å². The Bertz CT molecular complexity index is 168. The molecule has 0 aliphatic carbocycles. The molecule has 0 spiro atoms. The van der Waals surface area contributed by atoms with Gasteiger partial charge in [0.2, 0.25) is 0 Å². The Kier molecular flexibility index (Phi) is 11.9. The van der Waals surface area contributed by atoms with Crippen LogP contribution in [0.25, 0.3) is 0 Å². The summed E-state index contributed by atoms with van der Waals surface area (Å²) in [6.45, 7) is 12.1. The predicted molar refractivity (Wildman–Crippen MR) is 76.5 cm³/mol. The van der Waals surface area contributed by atoms with Gasteiger partial charge in [-0.25, -0.2) is 0 Å². The number of nitrogens with one attached hydrogen (secondary N) is 1. The normalized spacial score (nSPS) is 12.9. The van der Waals surface area contributed by atoms with Crippen molar-refractivity contribution in [2.75, 3.05) is 13.2 Å². The van der Waals surface area contributed by atoms with Gasteiger partial charge < -0.3 is 10.1 Å². The van der Waals surface area contributed by atoms with Crippen LogP contribution in [0, 0.1) is 0 Å². The Morgan fingerprint density at radius 1 is 1.24 bits per heavy atom. The van der Waals surface area contributed by atoms with Crippen LogP contribution in [0.15, 0.2) is 12.7 Å². The molecular formula is C15H31NO. The lowest BCUT2D eigenvalue weighted by molar-refractivity contribution is 0.0590. The van der Waals surface area contributed by atoms with Crippen LogP contribution in [0.5, 0.6) is 0 Å². The Morgan fingerprint density at radius 2 is 2.00 bits per heavy atom. The summed E-state index contributed by atoms with van der Waals surface area (Å²) >= 11 is 0. The molecule has 0 bridgehead atoms. The fourth-order valence-electron chi connectivity index (χ4n) is 1.76. The van der Waals surface area contributed by atoms with Gasteiger partial charge in [-0.15, -0.1) is 6.58 Å². The van der Waals surface area contributed by atoms with Crippen LogP contribution in [-0.2, 0) is 4.74 Å². The SMILES string of the molecule is C=CCCCCCC(COC(C)C)NCCC. The van der Waals surface area contributed by atoms with E-state index in [1.54, 1.807) is 0 Å². The fraction of sp³-hybridized carbons (Fsp3) is 0.867. The summed E-state index contributed by atoms with van der Waals surface area (Å²) in [5, 5.41) is 3.57. The molecule has 0 saturated carbocycles. The molecule has 0 saturated heterocycles. The number of ether oxygens (including phenoxy) is 1. The summed E-state index contributed by atoms with van der Waals surface area (Å²) < 4.78 is 5.70. The second kappa shape index (κ2) is 12.1. The zero-order chi connectivity index (χ0) is 12.9. The third-order valence-corrected chi connectivity index (χ3v) is 2.77. The average molecular weight is 241 g/mol. The molecule has 0 fully saturated rings. The first kappa shape index (κ1) is 16.7. The Morgan fingerprint density at radius 3 is 2.59 bits per heavy atom. The van der Waals surface area contributed by atoms with Crippen molar-refractivity contribution in [3.8, 4) is 0 Å². The van der Waals surface area contributed by atoms with E-state index in [1.165, 1.54) is 32.1 Å². The highest BCUT2D eigenvalue weighted by Gasteiger charge is 2.08. The Labute approximate surface area is 108 Å². The summed E-state index contributed by atoms with van der Waals surface area (Å²) in [7, 11) is 0.